The average Bonchev–Trinajstić information content (AvgIpc) is 2.50. The Kier molecular flexibility index (Phi) is 9.74. The van der Waals surface area contributed by atoms with Crippen molar-refractivity contribution in [3.8, 4) is 0 Å². The lowest BCUT2D eigenvalue weighted by atomic mass is 10.2. The van der Waals surface area contributed by atoms with Crippen molar-refractivity contribution in [2.45, 2.75) is 36.5 Å². The Morgan fingerprint density at radius 3 is 1.90 bits per heavy atom. The molecule has 180 valence electrons. The number of hydrogen-bond donors (Lipinski definition) is 1. The number of carboxylic acids is 1. The molecule has 1 N–H and O–H groups in total. The molecule has 16 heteroatoms. The van der Waals surface area contributed by atoms with Gasteiger partial charge in [0.1, 0.15) is 6.54 Å². The first kappa shape index (κ1) is 29.0. The van der Waals surface area contributed by atoms with Crippen LogP contribution in [0, 0.1) is 0 Å². The summed E-state index contributed by atoms with van der Waals surface area (Å²) in [6.07, 6.45) is -23.1. The second-order valence-corrected chi connectivity index (χ2v) is 7.77. The van der Waals surface area contributed by atoms with Gasteiger partial charge >= 0.3 is 30.4 Å². The minimum atomic E-state index is -6.91. The highest BCUT2D eigenvalue weighted by atomic mass is 32.2. The molecule has 0 aliphatic rings. The molecule has 0 bridgehead atoms. The number of likely N-dealkylation sites (N-methyl/N-ethyl adjacent to an activating group) is 1. The van der Waals surface area contributed by atoms with Crippen LogP contribution in [-0.2, 0) is 14.3 Å². The third-order valence-electron chi connectivity index (χ3n) is 3.85. The summed E-state index contributed by atoms with van der Waals surface area (Å²) < 4.78 is 135. The predicted octanol–water partition coefficient (Wildman–Crippen LogP) is 3.63. The molecule has 0 amide bonds. The Bertz CT molecular complexity index is 568. The second kappa shape index (κ2) is 10.1. The molecule has 0 radical (unpaired) electrons. The SMILES string of the molecule is COCCSCC(C(=O)O)[N+](C)(C)CC(OC(F)(F)C(F)(F)C(F)(F)F)C(F)(F)F. The molecule has 0 aromatic rings. The smallest absolute Gasteiger partial charge is 0.462 e. The van der Waals surface area contributed by atoms with Gasteiger partial charge in [0.05, 0.1) is 26.5 Å². The Balaban J connectivity index is 5.72. The largest absolute Gasteiger partial charge is 0.477 e. The van der Waals surface area contributed by atoms with Gasteiger partial charge in [-0.1, -0.05) is 0 Å². The Morgan fingerprint density at radius 2 is 1.53 bits per heavy atom. The maximum atomic E-state index is 13.4. The van der Waals surface area contributed by atoms with Gasteiger partial charge in [-0.15, -0.1) is 0 Å². The lowest BCUT2D eigenvalue weighted by Gasteiger charge is -2.39. The number of methoxy groups -OCH3 is 1. The highest BCUT2D eigenvalue weighted by Crippen LogP contribution is 2.48. The summed E-state index contributed by atoms with van der Waals surface area (Å²) in [5.74, 6) is -8.65. The van der Waals surface area contributed by atoms with Crippen LogP contribution in [0.4, 0.5) is 43.9 Å². The number of halogens is 10. The van der Waals surface area contributed by atoms with Crippen molar-refractivity contribution in [2.75, 3.05) is 45.9 Å². The molecular formula is C14H20F10NO4S+. The van der Waals surface area contributed by atoms with Crippen LogP contribution in [0.5, 0.6) is 0 Å². The van der Waals surface area contributed by atoms with Crippen LogP contribution in [0.15, 0.2) is 0 Å². The van der Waals surface area contributed by atoms with Crippen molar-refractivity contribution in [1.82, 2.24) is 0 Å². The highest BCUT2D eigenvalue weighted by molar-refractivity contribution is 7.99. The molecule has 30 heavy (non-hydrogen) atoms. The molecule has 2 atom stereocenters. The van der Waals surface area contributed by atoms with E-state index in [0.717, 1.165) is 25.9 Å². The van der Waals surface area contributed by atoms with Gasteiger partial charge in [0.15, 0.2) is 6.04 Å². The third-order valence-corrected chi connectivity index (χ3v) is 4.86. The van der Waals surface area contributed by atoms with Crippen molar-refractivity contribution in [3.63, 3.8) is 0 Å². The van der Waals surface area contributed by atoms with Gasteiger partial charge in [0, 0.05) is 12.9 Å². The topological polar surface area (TPSA) is 55.8 Å². The van der Waals surface area contributed by atoms with Crippen LogP contribution in [0.25, 0.3) is 0 Å². The van der Waals surface area contributed by atoms with E-state index in [9.17, 15) is 53.8 Å². The molecule has 0 aromatic heterocycles. The van der Waals surface area contributed by atoms with Crippen LogP contribution in [0.1, 0.15) is 0 Å². The molecule has 0 aromatic carbocycles. The summed E-state index contributed by atoms with van der Waals surface area (Å²) in [6, 6.07) is -1.66. The van der Waals surface area contributed by atoms with E-state index in [-0.39, 0.29) is 18.1 Å². The normalized spacial score (nSPS) is 16.4. The van der Waals surface area contributed by atoms with Gasteiger partial charge in [-0.25, -0.2) is 4.79 Å². The minimum absolute atomic E-state index is 0.164. The van der Waals surface area contributed by atoms with E-state index < -0.39 is 53.5 Å². The molecular weight excluding hydrogens is 468 g/mol. The lowest BCUT2D eigenvalue weighted by Crippen LogP contribution is -2.62. The Morgan fingerprint density at radius 1 is 1.03 bits per heavy atom. The number of rotatable bonds is 12. The number of hydrogen-bond acceptors (Lipinski definition) is 4. The summed E-state index contributed by atoms with van der Waals surface area (Å²) in [6.45, 7) is -1.51. The molecule has 0 aliphatic carbocycles. The van der Waals surface area contributed by atoms with Gasteiger partial charge in [0.2, 0.25) is 6.10 Å². The molecule has 0 heterocycles. The van der Waals surface area contributed by atoms with E-state index in [1.54, 1.807) is 0 Å². The maximum absolute atomic E-state index is 13.4. The van der Waals surface area contributed by atoms with Crippen LogP contribution in [0.2, 0.25) is 0 Å². The summed E-state index contributed by atoms with van der Waals surface area (Å²) in [7, 11) is 3.05. The summed E-state index contributed by atoms with van der Waals surface area (Å²) in [4.78, 5) is 11.4. The Labute approximate surface area is 168 Å². The summed E-state index contributed by atoms with van der Waals surface area (Å²) in [5.41, 5.74) is 0. The highest BCUT2D eigenvalue weighted by Gasteiger charge is 2.76. The number of nitrogens with zero attached hydrogens (tertiary/aromatic N) is 1. The molecule has 2 unspecified atom stereocenters. The first-order valence-electron chi connectivity index (χ1n) is 7.89. The quantitative estimate of drug-likeness (QED) is 0.258. The average molecular weight is 488 g/mol. The zero-order valence-corrected chi connectivity index (χ0v) is 16.6. The standard InChI is InChI=1S/C14H19F10NO4S/c1-25(2,8(10(26)27)7-30-5-4-28-3)6-9(11(15,16)17)29-14(23,24)12(18,19)13(20,21)22/h8-9H,4-7H2,1-3H3/p+1. The Hall–Kier alpha value is -1.00. The third kappa shape index (κ3) is 7.60. The van der Waals surface area contributed by atoms with E-state index in [1.165, 1.54) is 7.11 Å². The van der Waals surface area contributed by atoms with Gasteiger partial charge in [-0.2, -0.15) is 55.7 Å². The molecule has 0 spiro atoms. The maximum Gasteiger partial charge on any atom is 0.462 e. The first-order valence-corrected chi connectivity index (χ1v) is 9.05. The van der Waals surface area contributed by atoms with Crippen molar-refractivity contribution < 1.29 is 67.8 Å². The van der Waals surface area contributed by atoms with Gasteiger partial charge in [-0.05, 0) is 0 Å². The van der Waals surface area contributed by atoms with E-state index in [1.807, 2.05) is 0 Å². The van der Waals surface area contributed by atoms with Crippen molar-refractivity contribution in [1.29, 1.82) is 0 Å². The van der Waals surface area contributed by atoms with Gasteiger partial charge in [-0.3, -0.25) is 4.74 Å². The van der Waals surface area contributed by atoms with Crippen molar-refractivity contribution in [2.24, 2.45) is 0 Å². The minimum Gasteiger partial charge on any atom is -0.477 e. The number of alkyl halides is 10. The van der Waals surface area contributed by atoms with E-state index >= 15 is 0 Å². The number of thioether (sulfide) groups is 1. The zero-order valence-electron chi connectivity index (χ0n) is 15.8. The summed E-state index contributed by atoms with van der Waals surface area (Å²) in [5, 5.41) is 9.25. The molecule has 0 fully saturated rings. The molecule has 5 nitrogen and oxygen atoms in total. The molecule has 0 rings (SSSR count). The molecule has 0 saturated heterocycles. The summed E-state index contributed by atoms with van der Waals surface area (Å²) >= 11 is 0.936. The number of quaternary nitrogens is 1. The fraction of sp³-hybridized carbons (Fsp3) is 0.929. The van der Waals surface area contributed by atoms with Gasteiger partial charge in [0.25, 0.3) is 0 Å². The second-order valence-electron chi connectivity index (χ2n) is 6.62. The molecule has 0 saturated carbocycles. The van der Waals surface area contributed by atoms with E-state index in [2.05, 4.69) is 4.74 Å². The first-order chi connectivity index (χ1) is 13.2. The number of aliphatic carboxylic acids is 1. The van der Waals surface area contributed by atoms with Crippen LogP contribution in [0.3, 0.4) is 0 Å². The fourth-order valence-electron chi connectivity index (χ4n) is 2.09. The van der Waals surface area contributed by atoms with Crippen LogP contribution >= 0.6 is 11.8 Å². The predicted molar refractivity (Wildman–Crippen MR) is 84.5 cm³/mol. The number of ether oxygens (including phenoxy) is 2. The monoisotopic (exact) mass is 488 g/mol. The van der Waals surface area contributed by atoms with Crippen molar-refractivity contribution in [3.05, 3.63) is 0 Å². The van der Waals surface area contributed by atoms with E-state index in [4.69, 9.17) is 4.74 Å². The fourth-order valence-corrected chi connectivity index (χ4v) is 3.31. The number of carbonyl (C=O) groups is 1. The van der Waals surface area contributed by atoms with Crippen LogP contribution < -0.4 is 0 Å². The van der Waals surface area contributed by atoms with Gasteiger partial charge < -0.3 is 14.3 Å². The molecule has 0 aliphatic heterocycles. The zero-order chi connectivity index (χ0) is 24.2. The number of carboxylic acid groups (broad SMARTS) is 1. The van der Waals surface area contributed by atoms with Crippen LogP contribution in [-0.4, -0.2) is 98.0 Å². The lowest BCUT2D eigenvalue weighted by molar-refractivity contribution is -0.909. The van der Waals surface area contributed by atoms with Crippen molar-refractivity contribution >= 4 is 17.7 Å². The van der Waals surface area contributed by atoms with E-state index in [0.29, 0.717) is 0 Å².